The van der Waals surface area contributed by atoms with Crippen LogP contribution in [-0.2, 0) is 6.42 Å². The molecule has 0 bridgehead atoms. The minimum atomic E-state index is -0.196. The predicted molar refractivity (Wildman–Crippen MR) is 76.8 cm³/mol. The van der Waals surface area contributed by atoms with Gasteiger partial charge in [0.25, 0.3) is 0 Å². The Kier molecular flexibility index (Phi) is 4.45. The van der Waals surface area contributed by atoms with E-state index in [0.29, 0.717) is 5.95 Å². The maximum atomic E-state index is 13.0. The third kappa shape index (κ3) is 3.88. The number of aromatic nitrogens is 3. The normalized spacial score (nSPS) is 12.2. The van der Waals surface area contributed by atoms with Crippen LogP contribution in [0.2, 0.25) is 0 Å². The van der Waals surface area contributed by atoms with Gasteiger partial charge in [0.15, 0.2) is 0 Å². The summed E-state index contributed by atoms with van der Waals surface area (Å²) in [6, 6.07) is 5.06. The minimum Gasteiger partial charge on any atom is -0.368 e. The maximum Gasteiger partial charge on any atom is 0.227 e. The summed E-state index contributed by atoms with van der Waals surface area (Å²) in [5.41, 5.74) is 7.62. The molecule has 106 valence electrons. The van der Waals surface area contributed by atoms with Crippen LogP contribution in [0.5, 0.6) is 0 Å². The number of rotatable bonds is 5. The molecule has 1 heterocycles. The van der Waals surface area contributed by atoms with E-state index < -0.39 is 0 Å². The number of hydrogen-bond acceptors (Lipinski definition) is 5. The number of halogens is 1. The fourth-order valence-electron chi connectivity index (χ4n) is 1.98. The third-order valence-electron chi connectivity index (χ3n) is 3.12. The fraction of sp³-hybridized carbons (Fsp3) is 0.357. The van der Waals surface area contributed by atoms with E-state index in [0.717, 1.165) is 24.0 Å². The molecule has 0 aliphatic heterocycles. The highest BCUT2D eigenvalue weighted by Crippen LogP contribution is 2.14. The summed E-state index contributed by atoms with van der Waals surface area (Å²) in [7, 11) is 0. The highest BCUT2D eigenvalue weighted by atomic mass is 19.1. The number of anilines is 2. The molecule has 0 fully saturated rings. The van der Waals surface area contributed by atoms with E-state index in [1.54, 1.807) is 6.07 Å². The van der Waals surface area contributed by atoms with Crippen molar-refractivity contribution in [1.29, 1.82) is 0 Å². The summed E-state index contributed by atoms with van der Waals surface area (Å²) in [4.78, 5) is 11.7. The lowest BCUT2D eigenvalue weighted by molar-refractivity contribution is 0.624. The summed E-state index contributed by atoms with van der Waals surface area (Å²) in [5.74, 6) is 0.475. The van der Waals surface area contributed by atoms with Gasteiger partial charge in [0.05, 0.1) is 0 Å². The van der Waals surface area contributed by atoms with Gasteiger partial charge in [0.1, 0.15) is 12.1 Å². The van der Waals surface area contributed by atoms with E-state index in [1.807, 2.05) is 19.9 Å². The van der Waals surface area contributed by atoms with Crippen molar-refractivity contribution in [1.82, 2.24) is 15.0 Å². The van der Waals surface area contributed by atoms with Crippen LogP contribution in [0.3, 0.4) is 0 Å². The van der Waals surface area contributed by atoms with Crippen LogP contribution in [0.25, 0.3) is 0 Å². The number of hydrogen-bond donors (Lipinski definition) is 2. The number of benzene rings is 1. The zero-order chi connectivity index (χ0) is 14.5. The highest BCUT2D eigenvalue weighted by Gasteiger charge is 2.07. The first-order chi connectivity index (χ1) is 9.54. The van der Waals surface area contributed by atoms with Crippen molar-refractivity contribution in [3.63, 3.8) is 0 Å². The van der Waals surface area contributed by atoms with Gasteiger partial charge in [0.2, 0.25) is 11.9 Å². The average Bonchev–Trinajstić information content (AvgIpc) is 2.37. The van der Waals surface area contributed by atoms with E-state index in [9.17, 15) is 4.39 Å². The van der Waals surface area contributed by atoms with Gasteiger partial charge in [-0.05, 0) is 49.9 Å². The highest BCUT2D eigenvalue weighted by molar-refractivity contribution is 5.30. The second kappa shape index (κ2) is 6.27. The molecule has 0 saturated heterocycles. The largest absolute Gasteiger partial charge is 0.368 e. The van der Waals surface area contributed by atoms with Gasteiger partial charge in [-0.15, -0.1) is 0 Å². The lowest BCUT2D eigenvalue weighted by Crippen LogP contribution is -2.18. The molecule has 0 spiro atoms. The van der Waals surface area contributed by atoms with Gasteiger partial charge in [-0.2, -0.15) is 4.98 Å². The summed E-state index contributed by atoms with van der Waals surface area (Å²) in [5, 5.41) is 3.17. The summed E-state index contributed by atoms with van der Waals surface area (Å²) < 4.78 is 13.0. The molecular formula is C14H18FN5. The van der Waals surface area contributed by atoms with Gasteiger partial charge in [-0.25, -0.2) is 14.4 Å². The molecule has 1 atom stereocenters. The van der Waals surface area contributed by atoms with E-state index in [4.69, 9.17) is 5.73 Å². The first-order valence-corrected chi connectivity index (χ1v) is 6.50. The average molecular weight is 275 g/mol. The van der Waals surface area contributed by atoms with Crippen LogP contribution in [0.1, 0.15) is 24.5 Å². The molecule has 5 nitrogen and oxygen atoms in total. The van der Waals surface area contributed by atoms with Gasteiger partial charge in [-0.1, -0.05) is 6.07 Å². The van der Waals surface area contributed by atoms with E-state index in [1.165, 1.54) is 12.4 Å². The van der Waals surface area contributed by atoms with Gasteiger partial charge in [0, 0.05) is 6.04 Å². The second-order valence-electron chi connectivity index (χ2n) is 4.82. The van der Waals surface area contributed by atoms with E-state index >= 15 is 0 Å². The molecule has 0 aliphatic carbocycles. The lowest BCUT2D eigenvalue weighted by atomic mass is 10.0. The first kappa shape index (κ1) is 14.2. The Hall–Kier alpha value is -2.24. The lowest BCUT2D eigenvalue weighted by Gasteiger charge is -2.14. The molecule has 2 rings (SSSR count). The molecule has 0 amide bonds. The summed E-state index contributed by atoms with van der Waals surface area (Å²) in [6.45, 7) is 3.96. The van der Waals surface area contributed by atoms with E-state index in [2.05, 4.69) is 20.3 Å². The predicted octanol–water partition coefficient (Wildman–Crippen LogP) is 2.33. The number of nitrogens with zero attached hydrogens (tertiary/aromatic N) is 3. The van der Waals surface area contributed by atoms with Gasteiger partial charge < -0.3 is 11.1 Å². The molecule has 1 aromatic carbocycles. The Morgan fingerprint density at radius 1 is 1.35 bits per heavy atom. The van der Waals surface area contributed by atoms with Crippen molar-refractivity contribution < 1.29 is 4.39 Å². The van der Waals surface area contributed by atoms with Crippen molar-refractivity contribution in [2.75, 3.05) is 11.1 Å². The van der Waals surface area contributed by atoms with E-state index in [-0.39, 0.29) is 17.8 Å². The zero-order valence-electron chi connectivity index (χ0n) is 11.6. The molecule has 20 heavy (non-hydrogen) atoms. The maximum absolute atomic E-state index is 13.0. The number of aryl methyl sites for hydroxylation is 2. The number of nitrogen functional groups attached to an aromatic ring is 1. The molecule has 0 aliphatic rings. The number of nitrogens with two attached hydrogens (primary N) is 1. The van der Waals surface area contributed by atoms with Crippen LogP contribution in [0.15, 0.2) is 24.5 Å². The van der Waals surface area contributed by atoms with Crippen molar-refractivity contribution in [2.24, 2.45) is 0 Å². The fourth-order valence-corrected chi connectivity index (χ4v) is 1.98. The van der Waals surface area contributed by atoms with Crippen molar-refractivity contribution in [3.05, 3.63) is 41.5 Å². The summed E-state index contributed by atoms with van der Waals surface area (Å²) in [6.07, 6.45) is 3.13. The van der Waals surface area contributed by atoms with Crippen LogP contribution < -0.4 is 11.1 Å². The summed E-state index contributed by atoms with van der Waals surface area (Å²) >= 11 is 0. The number of nitrogens with one attached hydrogen (secondary N) is 1. The van der Waals surface area contributed by atoms with Crippen LogP contribution in [0, 0.1) is 12.7 Å². The zero-order valence-corrected chi connectivity index (χ0v) is 11.6. The Labute approximate surface area is 117 Å². The minimum absolute atomic E-state index is 0.182. The molecule has 0 radical (unpaired) electrons. The Morgan fingerprint density at radius 2 is 2.15 bits per heavy atom. The quantitative estimate of drug-likeness (QED) is 0.875. The van der Waals surface area contributed by atoms with Crippen molar-refractivity contribution >= 4 is 11.9 Å². The van der Waals surface area contributed by atoms with Gasteiger partial charge in [-0.3, -0.25) is 0 Å². The van der Waals surface area contributed by atoms with Crippen LogP contribution >= 0.6 is 0 Å². The second-order valence-corrected chi connectivity index (χ2v) is 4.82. The molecule has 1 unspecified atom stereocenters. The first-order valence-electron chi connectivity index (χ1n) is 6.50. The van der Waals surface area contributed by atoms with Gasteiger partial charge >= 0.3 is 0 Å². The molecule has 3 N–H and O–H groups in total. The third-order valence-corrected chi connectivity index (χ3v) is 3.12. The molecule has 1 aromatic heterocycles. The Bertz CT molecular complexity index is 588. The standard InChI is InChI=1S/C14H18FN5/c1-9-7-12(15)6-5-11(9)4-3-10(2)19-14-18-8-17-13(16)20-14/h5-8,10H,3-4H2,1-2H3,(H3,16,17,18,19,20). The van der Waals surface area contributed by atoms with Crippen LogP contribution in [0.4, 0.5) is 16.3 Å². The molecule has 0 saturated carbocycles. The SMILES string of the molecule is Cc1cc(F)ccc1CCC(C)Nc1ncnc(N)n1. The topological polar surface area (TPSA) is 76.7 Å². The van der Waals surface area contributed by atoms with Crippen molar-refractivity contribution in [2.45, 2.75) is 32.7 Å². The molecule has 2 aromatic rings. The Balaban J connectivity index is 1.90. The van der Waals surface area contributed by atoms with Crippen molar-refractivity contribution in [3.8, 4) is 0 Å². The smallest absolute Gasteiger partial charge is 0.227 e. The molecule has 6 heteroatoms. The molecular weight excluding hydrogens is 257 g/mol. The van der Waals surface area contributed by atoms with Crippen LogP contribution in [-0.4, -0.2) is 21.0 Å². The monoisotopic (exact) mass is 275 g/mol. The Morgan fingerprint density at radius 3 is 2.85 bits per heavy atom.